The lowest BCUT2D eigenvalue weighted by molar-refractivity contribution is 0.0393. The summed E-state index contributed by atoms with van der Waals surface area (Å²) in [5.41, 5.74) is 1.60. The molecule has 0 aromatic heterocycles. The van der Waals surface area contributed by atoms with Crippen LogP contribution in [-0.4, -0.2) is 40.4 Å². The average Bonchev–Trinajstić information content (AvgIpc) is 3.01. The molecule has 3 amide bonds. The third-order valence-corrected chi connectivity index (χ3v) is 5.90. The molecule has 0 saturated carbocycles. The van der Waals surface area contributed by atoms with E-state index in [1.54, 1.807) is 11.0 Å². The van der Waals surface area contributed by atoms with Crippen molar-refractivity contribution < 1.29 is 18.4 Å². The van der Waals surface area contributed by atoms with Gasteiger partial charge in [-0.2, -0.15) is 0 Å². The average molecular weight is 411 g/mol. The van der Waals surface area contributed by atoms with Crippen molar-refractivity contribution >= 4 is 17.6 Å². The minimum Gasteiger partial charge on any atom is -0.329 e. The number of nitrogens with zero attached hydrogens (tertiary/aromatic N) is 2. The van der Waals surface area contributed by atoms with Gasteiger partial charge in [-0.05, 0) is 43.5 Å². The molecule has 0 aliphatic carbocycles. The first-order valence-corrected chi connectivity index (χ1v) is 9.96. The summed E-state index contributed by atoms with van der Waals surface area (Å²) in [7, 11) is 0. The number of halogens is 2. The first-order chi connectivity index (χ1) is 14.4. The van der Waals surface area contributed by atoms with Crippen LogP contribution in [0.3, 0.4) is 0 Å². The highest BCUT2D eigenvalue weighted by Crippen LogP contribution is 2.43. The van der Waals surface area contributed by atoms with Crippen LogP contribution in [-0.2, 0) is 0 Å². The van der Waals surface area contributed by atoms with Crippen molar-refractivity contribution in [3.05, 3.63) is 77.9 Å². The Bertz CT molecular complexity index is 1010. The molecule has 30 heavy (non-hydrogen) atoms. The molecule has 0 bridgehead atoms. The van der Waals surface area contributed by atoms with Crippen molar-refractivity contribution in [1.29, 1.82) is 0 Å². The van der Waals surface area contributed by atoms with Crippen LogP contribution >= 0.6 is 0 Å². The van der Waals surface area contributed by atoms with Gasteiger partial charge < -0.3 is 15.1 Å². The number of fused-ring (bicyclic) bond motifs is 3. The number of carbonyl (C=O) groups is 2. The number of hydrogen-bond donors (Lipinski definition) is 1. The van der Waals surface area contributed by atoms with E-state index in [1.165, 1.54) is 6.07 Å². The SMILES string of the molecule is C=CCN(C(=O)Nc1ccc(F)cc1F)C1C[C@@H](C)N2C(=O)c3ccccc3[C@@H]2C1. The van der Waals surface area contributed by atoms with Crippen molar-refractivity contribution in [3.63, 3.8) is 0 Å². The summed E-state index contributed by atoms with van der Waals surface area (Å²) in [6, 6.07) is 9.77. The number of anilines is 1. The largest absolute Gasteiger partial charge is 0.329 e. The Kier molecular flexibility index (Phi) is 5.28. The molecule has 2 aliphatic heterocycles. The smallest absolute Gasteiger partial charge is 0.322 e. The Morgan fingerprint density at radius 2 is 2.03 bits per heavy atom. The number of piperidine rings is 1. The molecule has 0 spiro atoms. The van der Waals surface area contributed by atoms with E-state index in [-0.39, 0.29) is 36.3 Å². The predicted octanol–water partition coefficient (Wildman–Crippen LogP) is 4.73. The standard InChI is InChI=1S/C23H23F2N3O2/c1-3-10-27(23(30)26-20-9-8-15(24)12-19(20)25)16-11-14(2)28-21(13-16)17-6-4-5-7-18(17)22(28)29/h3-9,12,14,16,21H,1,10-11,13H2,2H3,(H,26,30)/t14-,16?,21+/m1/s1. The van der Waals surface area contributed by atoms with Crippen LogP contribution in [0.25, 0.3) is 0 Å². The zero-order valence-electron chi connectivity index (χ0n) is 16.6. The van der Waals surface area contributed by atoms with Crippen LogP contribution < -0.4 is 5.32 Å². The van der Waals surface area contributed by atoms with E-state index in [1.807, 2.05) is 36.1 Å². The van der Waals surface area contributed by atoms with Crippen molar-refractivity contribution in [2.45, 2.75) is 37.9 Å². The summed E-state index contributed by atoms with van der Waals surface area (Å²) in [5, 5.41) is 2.54. The number of urea groups is 1. The fourth-order valence-corrected chi connectivity index (χ4v) is 4.59. The van der Waals surface area contributed by atoms with Crippen molar-refractivity contribution in [1.82, 2.24) is 9.80 Å². The van der Waals surface area contributed by atoms with E-state index >= 15 is 0 Å². The summed E-state index contributed by atoms with van der Waals surface area (Å²) in [6.45, 7) is 5.99. The van der Waals surface area contributed by atoms with Gasteiger partial charge in [-0.3, -0.25) is 4.79 Å². The molecule has 2 aliphatic rings. The molecule has 4 rings (SSSR count). The zero-order valence-corrected chi connectivity index (χ0v) is 16.6. The monoisotopic (exact) mass is 411 g/mol. The van der Waals surface area contributed by atoms with Crippen molar-refractivity contribution in [3.8, 4) is 0 Å². The molecular formula is C23H23F2N3O2. The highest BCUT2D eigenvalue weighted by Gasteiger charge is 2.45. The van der Waals surface area contributed by atoms with Gasteiger partial charge in [0.2, 0.25) is 0 Å². The molecule has 2 heterocycles. The Morgan fingerprint density at radius 1 is 1.27 bits per heavy atom. The summed E-state index contributed by atoms with van der Waals surface area (Å²) in [4.78, 5) is 29.3. The van der Waals surface area contributed by atoms with E-state index < -0.39 is 17.7 Å². The highest BCUT2D eigenvalue weighted by atomic mass is 19.1. The van der Waals surface area contributed by atoms with Crippen LogP contribution in [0.5, 0.6) is 0 Å². The molecule has 1 fully saturated rings. The first-order valence-electron chi connectivity index (χ1n) is 9.96. The van der Waals surface area contributed by atoms with Crippen molar-refractivity contribution in [2.75, 3.05) is 11.9 Å². The second kappa shape index (κ2) is 7.89. The lowest BCUT2D eigenvalue weighted by Crippen LogP contribution is -2.52. The quantitative estimate of drug-likeness (QED) is 0.740. The molecule has 0 radical (unpaired) electrons. The van der Waals surface area contributed by atoms with E-state index in [4.69, 9.17) is 0 Å². The molecule has 2 aromatic rings. The number of rotatable bonds is 4. The van der Waals surface area contributed by atoms with E-state index in [0.29, 0.717) is 18.4 Å². The molecular weight excluding hydrogens is 388 g/mol. The Balaban J connectivity index is 1.58. The summed E-state index contributed by atoms with van der Waals surface area (Å²) < 4.78 is 27.2. The van der Waals surface area contributed by atoms with E-state index in [2.05, 4.69) is 11.9 Å². The first kappa shape index (κ1) is 20.1. The number of hydrogen-bond acceptors (Lipinski definition) is 2. The fourth-order valence-electron chi connectivity index (χ4n) is 4.59. The molecule has 2 aromatic carbocycles. The maximum absolute atomic E-state index is 14.0. The Hall–Kier alpha value is -3.22. The van der Waals surface area contributed by atoms with Crippen molar-refractivity contribution in [2.24, 2.45) is 0 Å². The molecule has 156 valence electrons. The fraction of sp³-hybridized carbons (Fsp3) is 0.304. The van der Waals surface area contributed by atoms with Gasteiger partial charge in [0.05, 0.1) is 11.7 Å². The zero-order chi connectivity index (χ0) is 21.4. The van der Waals surface area contributed by atoms with Crippen LogP contribution in [0.4, 0.5) is 19.3 Å². The minimum atomic E-state index is -0.833. The van der Waals surface area contributed by atoms with E-state index in [0.717, 1.165) is 17.7 Å². The third kappa shape index (κ3) is 3.44. The number of benzene rings is 2. The minimum absolute atomic E-state index is 0.0228. The number of nitrogens with one attached hydrogen (secondary N) is 1. The van der Waals surface area contributed by atoms with Crippen LogP contribution in [0.15, 0.2) is 55.1 Å². The van der Waals surface area contributed by atoms with Gasteiger partial charge in [0, 0.05) is 30.3 Å². The second-order valence-corrected chi connectivity index (χ2v) is 7.79. The van der Waals surface area contributed by atoms with Gasteiger partial charge in [-0.1, -0.05) is 24.3 Å². The molecule has 3 atom stereocenters. The van der Waals surface area contributed by atoms with Gasteiger partial charge in [0.15, 0.2) is 0 Å². The van der Waals surface area contributed by atoms with Gasteiger partial charge in [-0.25, -0.2) is 13.6 Å². The normalized spacial score (nSPS) is 22.3. The maximum Gasteiger partial charge on any atom is 0.322 e. The molecule has 7 heteroatoms. The van der Waals surface area contributed by atoms with Crippen LogP contribution in [0, 0.1) is 11.6 Å². The summed E-state index contributed by atoms with van der Waals surface area (Å²) in [5.74, 6) is -1.52. The second-order valence-electron chi connectivity index (χ2n) is 7.79. The van der Waals surface area contributed by atoms with Gasteiger partial charge in [0.25, 0.3) is 5.91 Å². The summed E-state index contributed by atoms with van der Waals surface area (Å²) >= 11 is 0. The van der Waals surface area contributed by atoms with Gasteiger partial charge in [-0.15, -0.1) is 6.58 Å². The third-order valence-electron chi connectivity index (χ3n) is 5.90. The predicted molar refractivity (Wildman–Crippen MR) is 110 cm³/mol. The number of carbonyl (C=O) groups excluding carboxylic acids is 2. The van der Waals surface area contributed by atoms with Crippen LogP contribution in [0.1, 0.15) is 41.7 Å². The highest BCUT2D eigenvalue weighted by molar-refractivity contribution is 5.99. The Labute approximate surface area is 174 Å². The van der Waals surface area contributed by atoms with E-state index in [9.17, 15) is 18.4 Å². The number of amides is 3. The topological polar surface area (TPSA) is 52.7 Å². The van der Waals surface area contributed by atoms with Gasteiger partial charge in [0.1, 0.15) is 11.6 Å². The summed E-state index contributed by atoms with van der Waals surface area (Å²) in [6.07, 6.45) is 2.80. The molecule has 5 nitrogen and oxygen atoms in total. The maximum atomic E-state index is 14.0. The van der Waals surface area contributed by atoms with Crippen LogP contribution in [0.2, 0.25) is 0 Å². The lowest BCUT2D eigenvalue weighted by atomic mass is 9.89. The molecule has 1 saturated heterocycles. The molecule has 1 unspecified atom stereocenters. The van der Waals surface area contributed by atoms with Gasteiger partial charge >= 0.3 is 6.03 Å². The molecule has 1 N–H and O–H groups in total. The Morgan fingerprint density at radius 3 is 2.77 bits per heavy atom. The lowest BCUT2D eigenvalue weighted by Gasteiger charge is -2.44.